The van der Waals surface area contributed by atoms with Crippen LogP contribution in [0.1, 0.15) is 17.5 Å². The van der Waals surface area contributed by atoms with E-state index >= 15 is 0 Å². The molecule has 0 aliphatic heterocycles. The van der Waals surface area contributed by atoms with Crippen molar-refractivity contribution in [1.29, 1.82) is 0 Å². The maximum absolute atomic E-state index is 13.2. The highest BCUT2D eigenvalue weighted by molar-refractivity contribution is 7.88. The van der Waals surface area contributed by atoms with Gasteiger partial charge < -0.3 is 10.4 Å². The van der Waals surface area contributed by atoms with Crippen LogP contribution in [-0.4, -0.2) is 53.2 Å². The van der Waals surface area contributed by atoms with Crippen molar-refractivity contribution in [1.82, 2.24) is 20.0 Å². The van der Waals surface area contributed by atoms with Crippen molar-refractivity contribution in [3.63, 3.8) is 0 Å². The number of halogens is 3. The smallest absolute Gasteiger partial charge is 0.253 e. The molecule has 8 nitrogen and oxygen atoms in total. The summed E-state index contributed by atoms with van der Waals surface area (Å²) in [5, 5.41) is 12.6. The molecule has 0 spiro atoms. The van der Waals surface area contributed by atoms with Crippen molar-refractivity contribution in [3.05, 3.63) is 48.0 Å². The fourth-order valence-electron chi connectivity index (χ4n) is 2.34. The van der Waals surface area contributed by atoms with Crippen molar-refractivity contribution in [2.75, 3.05) is 12.9 Å². The zero-order valence-electron chi connectivity index (χ0n) is 15.2. The molecule has 2 atom stereocenters. The Kier molecular flexibility index (Phi) is 8.29. The number of hydrogen-bond donors (Lipinski definition) is 3. The predicted octanol–water partition coefficient (Wildman–Crippen LogP) is 1.48. The number of amides is 1. The van der Waals surface area contributed by atoms with E-state index in [0.717, 1.165) is 11.8 Å². The number of nitrogens with zero attached hydrogens (tertiary/aromatic N) is 2. The number of carbonyl (C=O) groups is 1. The molecule has 29 heavy (non-hydrogen) atoms. The van der Waals surface area contributed by atoms with Crippen LogP contribution in [0.4, 0.5) is 4.39 Å². The quantitative estimate of drug-likeness (QED) is 0.483. The largest absolute Gasteiger partial charge is 0.386 e. The molecule has 1 aromatic carbocycles. The first-order valence-corrected chi connectivity index (χ1v) is 11.1. The van der Waals surface area contributed by atoms with Crippen molar-refractivity contribution in [3.8, 4) is 11.1 Å². The molecule has 0 radical (unpaired) electrons. The van der Waals surface area contributed by atoms with Crippen molar-refractivity contribution in [2.45, 2.75) is 23.5 Å². The number of aromatic nitrogens is 2. The van der Waals surface area contributed by atoms with E-state index in [4.69, 9.17) is 23.2 Å². The summed E-state index contributed by atoms with van der Waals surface area (Å²) in [6.45, 7) is -1.03. The van der Waals surface area contributed by atoms with Crippen LogP contribution in [0.25, 0.3) is 11.1 Å². The number of rotatable bonds is 9. The van der Waals surface area contributed by atoms with Gasteiger partial charge in [0.2, 0.25) is 10.0 Å². The number of aliphatic hydroxyl groups is 1. The minimum absolute atomic E-state index is 0.0218. The lowest BCUT2D eigenvalue weighted by Crippen LogP contribution is -2.43. The van der Waals surface area contributed by atoms with E-state index < -0.39 is 39.6 Å². The molecule has 1 heterocycles. The Bertz CT molecular complexity index is 927. The van der Waals surface area contributed by atoms with Gasteiger partial charge in [0.05, 0.1) is 18.8 Å². The lowest BCUT2D eigenvalue weighted by Gasteiger charge is -2.22. The highest BCUT2D eigenvalue weighted by Crippen LogP contribution is 2.23. The van der Waals surface area contributed by atoms with Gasteiger partial charge >= 0.3 is 0 Å². The van der Waals surface area contributed by atoms with Gasteiger partial charge in [0.15, 0.2) is 4.84 Å². The minimum atomic E-state index is -3.34. The van der Waals surface area contributed by atoms with Gasteiger partial charge in [-0.25, -0.2) is 27.5 Å². The molecule has 0 saturated carbocycles. The SMILES string of the molecule is CS(=O)(=O)NCc1ncc(-c2ccc([C@@H](O)[C@@H](CF)NC(=O)C(Cl)Cl)cc2)cn1. The fourth-order valence-corrected chi connectivity index (χ4v) is 2.86. The molecule has 3 N–H and O–H groups in total. The summed E-state index contributed by atoms with van der Waals surface area (Å²) in [7, 11) is -3.34. The molecule has 1 amide bonds. The molecule has 0 unspecified atom stereocenters. The summed E-state index contributed by atoms with van der Waals surface area (Å²) in [4.78, 5) is 18.3. The van der Waals surface area contributed by atoms with Crippen LogP contribution in [-0.2, 0) is 21.4 Å². The van der Waals surface area contributed by atoms with Gasteiger partial charge in [0, 0.05) is 18.0 Å². The molecule has 0 aliphatic carbocycles. The van der Waals surface area contributed by atoms with E-state index in [0.29, 0.717) is 17.0 Å². The zero-order valence-corrected chi connectivity index (χ0v) is 17.5. The Hall–Kier alpha value is -1.85. The topological polar surface area (TPSA) is 121 Å². The predicted molar refractivity (Wildman–Crippen MR) is 108 cm³/mol. The second kappa shape index (κ2) is 10.3. The maximum Gasteiger partial charge on any atom is 0.253 e. The van der Waals surface area contributed by atoms with Gasteiger partial charge in [-0.05, 0) is 11.1 Å². The van der Waals surface area contributed by atoms with Gasteiger partial charge in [-0.15, -0.1) is 0 Å². The Balaban J connectivity index is 2.08. The first-order valence-electron chi connectivity index (χ1n) is 8.29. The number of carbonyl (C=O) groups excluding carboxylic acids is 1. The molecule has 1 aromatic heterocycles. The number of aliphatic hydroxyl groups excluding tert-OH is 1. The third-order valence-electron chi connectivity index (χ3n) is 3.86. The average molecular weight is 465 g/mol. The van der Waals surface area contributed by atoms with Crippen LogP contribution < -0.4 is 10.0 Å². The summed E-state index contributed by atoms with van der Waals surface area (Å²) in [5.74, 6) is -0.487. The number of alkyl halides is 3. The molecular formula is C17H19Cl2FN4O4S. The van der Waals surface area contributed by atoms with E-state index in [1.54, 1.807) is 24.3 Å². The standard InChI is InChI=1S/C17H19Cl2FN4O4S/c1-29(27,28)23-9-14-21-7-12(8-22-14)10-2-4-11(5-3-10)15(25)13(6-20)24-17(26)16(18)19/h2-5,7-8,13,15-16,23,25H,6,9H2,1H3,(H,24,26)/t13-,15-/m1/s1. The van der Waals surface area contributed by atoms with Crippen molar-refractivity contribution >= 4 is 39.1 Å². The Morgan fingerprint density at radius 3 is 2.24 bits per heavy atom. The van der Waals surface area contributed by atoms with Crippen LogP contribution in [0, 0.1) is 0 Å². The van der Waals surface area contributed by atoms with Gasteiger partial charge in [-0.3, -0.25) is 4.79 Å². The monoisotopic (exact) mass is 464 g/mol. The first-order chi connectivity index (χ1) is 13.6. The number of hydrogen-bond acceptors (Lipinski definition) is 6. The van der Waals surface area contributed by atoms with E-state index in [2.05, 4.69) is 20.0 Å². The molecule has 2 rings (SSSR count). The van der Waals surface area contributed by atoms with Crippen molar-refractivity contribution in [2.24, 2.45) is 0 Å². The van der Waals surface area contributed by atoms with Crippen molar-refractivity contribution < 1.29 is 22.7 Å². The normalized spacial score (nSPS) is 13.9. The van der Waals surface area contributed by atoms with E-state index in [-0.39, 0.29) is 6.54 Å². The summed E-state index contributed by atoms with van der Waals surface area (Å²) < 4.78 is 37.7. The average Bonchev–Trinajstić information content (AvgIpc) is 2.69. The molecule has 158 valence electrons. The Morgan fingerprint density at radius 2 is 1.76 bits per heavy atom. The fraction of sp³-hybridized carbons (Fsp3) is 0.353. The molecule has 0 aliphatic rings. The summed E-state index contributed by atoms with van der Waals surface area (Å²) in [6.07, 6.45) is 2.80. The molecule has 2 aromatic rings. The molecule has 0 bridgehead atoms. The van der Waals surface area contributed by atoms with Crippen LogP contribution in [0.2, 0.25) is 0 Å². The van der Waals surface area contributed by atoms with Gasteiger partial charge in [0.25, 0.3) is 5.91 Å². The third kappa shape index (κ3) is 7.16. The summed E-state index contributed by atoms with van der Waals surface area (Å²) in [5.41, 5.74) is 1.77. The van der Waals surface area contributed by atoms with Crippen LogP contribution >= 0.6 is 23.2 Å². The van der Waals surface area contributed by atoms with E-state index in [1.165, 1.54) is 12.4 Å². The molecule has 0 saturated heterocycles. The Labute approximate surface area is 177 Å². The molecular weight excluding hydrogens is 446 g/mol. The lowest BCUT2D eigenvalue weighted by atomic mass is 10.00. The Morgan fingerprint density at radius 1 is 1.17 bits per heavy atom. The third-order valence-corrected chi connectivity index (χ3v) is 4.92. The number of benzene rings is 1. The molecule has 0 fully saturated rings. The maximum atomic E-state index is 13.2. The number of nitrogens with one attached hydrogen (secondary N) is 2. The van der Waals surface area contributed by atoms with Gasteiger partial charge in [0.1, 0.15) is 18.6 Å². The van der Waals surface area contributed by atoms with E-state index in [9.17, 15) is 22.7 Å². The number of sulfonamides is 1. The second-order valence-corrected chi connectivity index (χ2v) is 9.05. The van der Waals surface area contributed by atoms with Gasteiger partial charge in [-0.1, -0.05) is 47.5 Å². The van der Waals surface area contributed by atoms with Crippen LogP contribution in [0.5, 0.6) is 0 Å². The summed E-state index contributed by atoms with van der Waals surface area (Å²) >= 11 is 10.9. The lowest BCUT2D eigenvalue weighted by molar-refractivity contribution is -0.121. The van der Waals surface area contributed by atoms with Crippen LogP contribution in [0.15, 0.2) is 36.7 Å². The highest BCUT2D eigenvalue weighted by Gasteiger charge is 2.25. The zero-order chi connectivity index (χ0) is 21.6. The minimum Gasteiger partial charge on any atom is -0.386 e. The second-order valence-electron chi connectivity index (χ2n) is 6.12. The van der Waals surface area contributed by atoms with Crippen LogP contribution in [0.3, 0.4) is 0 Å². The van der Waals surface area contributed by atoms with Gasteiger partial charge in [-0.2, -0.15) is 0 Å². The summed E-state index contributed by atoms with van der Waals surface area (Å²) in [6, 6.07) is 5.31. The first kappa shape index (κ1) is 23.4. The molecule has 12 heteroatoms. The highest BCUT2D eigenvalue weighted by atomic mass is 35.5. The van der Waals surface area contributed by atoms with E-state index in [1.807, 2.05) is 0 Å².